The van der Waals surface area contributed by atoms with Crippen molar-refractivity contribution in [1.29, 1.82) is 0 Å². The first-order valence-corrected chi connectivity index (χ1v) is 6.93. The number of phenols is 1. The fraction of sp³-hybridized carbons (Fsp3) is 0.533. The number of aromatic hydroxyl groups is 1. The smallest absolute Gasteiger partial charge is 0.227 e. The van der Waals surface area contributed by atoms with Crippen molar-refractivity contribution >= 4 is 5.91 Å². The van der Waals surface area contributed by atoms with Crippen LogP contribution in [0.2, 0.25) is 0 Å². The highest BCUT2D eigenvalue weighted by Gasteiger charge is 2.39. The lowest BCUT2D eigenvalue weighted by Gasteiger charge is -2.26. The summed E-state index contributed by atoms with van der Waals surface area (Å²) < 4.78 is 0. The minimum Gasteiger partial charge on any atom is -0.508 e. The highest BCUT2D eigenvalue weighted by atomic mass is 16.3. The lowest BCUT2D eigenvalue weighted by molar-refractivity contribution is -0.130. The number of carbonyl (C=O) groups excluding carboxylic acids is 1. The number of hydrogen-bond donors (Lipinski definition) is 3. The Bertz CT molecular complexity index is 422. The minimum absolute atomic E-state index is 0.146. The van der Waals surface area contributed by atoms with Crippen LogP contribution in [0.15, 0.2) is 24.3 Å². The summed E-state index contributed by atoms with van der Waals surface area (Å²) in [6, 6.07) is 6.94. The molecule has 4 heteroatoms. The van der Waals surface area contributed by atoms with Gasteiger partial charge < -0.3 is 15.7 Å². The van der Waals surface area contributed by atoms with E-state index in [9.17, 15) is 9.90 Å². The van der Waals surface area contributed by atoms with Crippen molar-refractivity contribution in [3.8, 4) is 5.75 Å². The maximum absolute atomic E-state index is 12.4. The third kappa shape index (κ3) is 3.26. The molecule has 3 N–H and O–H groups in total. The van der Waals surface area contributed by atoms with E-state index in [4.69, 9.17) is 0 Å². The summed E-state index contributed by atoms with van der Waals surface area (Å²) in [5.41, 5.74) is 0.773. The van der Waals surface area contributed by atoms with Gasteiger partial charge in [0, 0.05) is 13.1 Å². The van der Waals surface area contributed by atoms with E-state index in [0.717, 1.165) is 37.9 Å². The molecule has 104 valence electrons. The van der Waals surface area contributed by atoms with E-state index in [1.54, 1.807) is 12.1 Å². The second-order valence-corrected chi connectivity index (χ2v) is 5.31. The van der Waals surface area contributed by atoms with Crippen LogP contribution in [-0.2, 0) is 11.3 Å². The van der Waals surface area contributed by atoms with Crippen LogP contribution in [0.4, 0.5) is 0 Å². The third-order valence-corrected chi connectivity index (χ3v) is 3.84. The van der Waals surface area contributed by atoms with Crippen molar-refractivity contribution in [2.75, 3.05) is 13.1 Å². The Hall–Kier alpha value is -1.55. The van der Waals surface area contributed by atoms with Crippen molar-refractivity contribution in [3.05, 3.63) is 29.8 Å². The van der Waals surface area contributed by atoms with E-state index in [2.05, 4.69) is 17.6 Å². The molecule has 19 heavy (non-hydrogen) atoms. The molecule has 0 aromatic heterocycles. The molecule has 4 nitrogen and oxygen atoms in total. The molecule has 0 radical (unpaired) electrons. The number of amides is 1. The van der Waals surface area contributed by atoms with Crippen LogP contribution in [0.5, 0.6) is 5.75 Å². The average Bonchev–Trinajstić information content (AvgIpc) is 2.88. The van der Waals surface area contributed by atoms with Gasteiger partial charge in [-0.2, -0.15) is 0 Å². The van der Waals surface area contributed by atoms with Crippen molar-refractivity contribution in [2.24, 2.45) is 5.41 Å². The van der Waals surface area contributed by atoms with Crippen LogP contribution < -0.4 is 10.6 Å². The summed E-state index contributed by atoms with van der Waals surface area (Å²) in [5.74, 6) is 0.393. The molecule has 1 aromatic carbocycles. The van der Waals surface area contributed by atoms with E-state index in [1.165, 1.54) is 0 Å². The quantitative estimate of drug-likeness (QED) is 0.758. The number of nitrogens with one attached hydrogen (secondary N) is 2. The second-order valence-electron chi connectivity index (χ2n) is 5.31. The molecule has 0 bridgehead atoms. The standard InChI is InChI=1S/C15H22N2O2/c1-2-7-15(8-9-16-11-15)14(19)17-10-12-3-5-13(18)6-4-12/h3-6,16,18H,2,7-11H2,1H3,(H,17,19). The molecular weight excluding hydrogens is 240 g/mol. The number of benzene rings is 1. The Morgan fingerprint density at radius 3 is 2.74 bits per heavy atom. The Morgan fingerprint density at radius 1 is 1.42 bits per heavy atom. The Labute approximate surface area is 114 Å². The van der Waals surface area contributed by atoms with Crippen LogP contribution in [0.1, 0.15) is 31.7 Å². The first kappa shape index (κ1) is 13.9. The average molecular weight is 262 g/mol. The van der Waals surface area contributed by atoms with Crippen LogP contribution >= 0.6 is 0 Å². The van der Waals surface area contributed by atoms with E-state index in [-0.39, 0.29) is 17.1 Å². The molecule has 1 saturated heterocycles. The minimum atomic E-state index is -0.230. The molecule has 0 spiro atoms. The Balaban J connectivity index is 1.94. The lowest BCUT2D eigenvalue weighted by Crippen LogP contribution is -2.42. The molecule has 2 rings (SSSR count). The molecule has 1 amide bonds. The summed E-state index contributed by atoms with van der Waals surface area (Å²) in [6.07, 6.45) is 2.87. The zero-order chi connectivity index (χ0) is 13.7. The third-order valence-electron chi connectivity index (χ3n) is 3.84. The second kappa shape index (κ2) is 6.06. The van der Waals surface area contributed by atoms with E-state index in [1.807, 2.05) is 12.1 Å². The lowest BCUT2D eigenvalue weighted by atomic mass is 9.81. The first-order chi connectivity index (χ1) is 9.16. The predicted molar refractivity (Wildman–Crippen MR) is 74.8 cm³/mol. The van der Waals surface area contributed by atoms with Gasteiger partial charge in [-0.25, -0.2) is 0 Å². The molecule has 0 aliphatic carbocycles. The molecule has 0 saturated carbocycles. The summed E-state index contributed by atoms with van der Waals surface area (Å²) >= 11 is 0. The molecule has 1 aromatic rings. The van der Waals surface area contributed by atoms with Gasteiger partial charge in [-0.15, -0.1) is 0 Å². The molecule has 1 atom stereocenters. The number of rotatable bonds is 5. The van der Waals surface area contributed by atoms with Crippen LogP contribution in [0, 0.1) is 5.41 Å². The topological polar surface area (TPSA) is 61.4 Å². The summed E-state index contributed by atoms with van der Waals surface area (Å²) in [6.45, 7) is 4.34. The highest BCUT2D eigenvalue weighted by Crippen LogP contribution is 2.31. The van der Waals surface area contributed by atoms with Crippen molar-refractivity contribution in [3.63, 3.8) is 0 Å². The molecule has 1 fully saturated rings. The van der Waals surface area contributed by atoms with Gasteiger partial charge in [0.2, 0.25) is 5.91 Å². The SMILES string of the molecule is CCCC1(C(=O)NCc2ccc(O)cc2)CCNC1. The van der Waals surface area contributed by atoms with Crippen LogP contribution in [-0.4, -0.2) is 24.1 Å². The summed E-state index contributed by atoms with van der Waals surface area (Å²) in [7, 11) is 0. The maximum atomic E-state index is 12.4. The fourth-order valence-corrected chi connectivity index (χ4v) is 2.73. The Morgan fingerprint density at radius 2 is 2.16 bits per heavy atom. The zero-order valence-corrected chi connectivity index (χ0v) is 11.4. The fourth-order valence-electron chi connectivity index (χ4n) is 2.73. The number of carbonyl (C=O) groups is 1. The zero-order valence-electron chi connectivity index (χ0n) is 11.4. The number of hydrogen-bond acceptors (Lipinski definition) is 3. The van der Waals surface area contributed by atoms with Crippen molar-refractivity contribution in [2.45, 2.75) is 32.7 Å². The monoisotopic (exact) mass is 262 g/mol. The Kier molecular flexibility index (Phi) is 4.43. The molecular formula is C15H22N2O2. The highest BCUT2D eigenvalue weighted by molar-refractivity contribution is 5.83. The summed E-state index contributed by atoms with van der Waals surface area (Å²) in [5, 5.41) is 15.5. The number of phenolic OH excluding ortho intramolecular Hbond substituents is 1. The summed E-state index contributed by atoms with van der Waals surface area (Å²) in [4.78, 5) is 12.4. The van der Waals surface area contributed by atoms with Crippen molar-refractivity contribution in [1.82, 2.24) is 10.6 Å². The molecule has 1 aliphatic heterocycles. The maximum Gasteiger partial charge on any atom is 0.227 e. The van der Waals surface area contributed by atoms with Crippen LogP contribution in [0.25, 0.3) is 0 Å². The van der Waals surface area contributed by atoms with Crippen LogP contribution in [0.3, 0.4) is 0 Å². The predicted octanol–water partition coefficient (Wildman–Crippen LogP) is 1.79. The molecule has 1 heterocycles. The van der Waals surface area contributed by atoms with Gasteiger partial charge in [0.25, 0.3) is 0 Å². The van der Waals surface area contributed by atoms with Crippen molar-refractivity contribution < 1.29 is 9.90 Å². The largest absolute Gasteiger partial charge is 0.508 e. The first-order valence-electron chi connectivity index (χ1n) is 6.93. The van der Waals surface area contributed by atoms with Gasteiger partial charge in [-0.05, 0) is 37.1 Å². The van der Waals surface area contributed by atoms with E-state index in [0.29, 0.717) is 6.54 Å². The van der Waals surface area contributed by atoms with Gasteiger partial charge in [0.1, 0.15) is 5.75 Å². The van der Waals surface area contributed by atoms with Gasteiger partial charge in [0.05, 0.1) is 5.41 Å². The van der Waals surface area contributed by atoms with Gasteiger partial charge >= 0.3 is 0 Å². The van der Waals surface area contributed by atoms with E-state index >= 15 is 0 Å². The normalized spacial score (nSPS) is 22.4. The van der Waals surface area contributed by atoms with Gasteiger partial charge in [0.15, 0.2) is 0 Å². The van der Waals surface area contributed by atoms with E-state index < -0.39 is 0 Å². The van der Waals surface area contributed by atoms with Gasteiger partial charge in [-0.1, -0.05) is 25.5 Å². The van der Waals surface area contributed by atoms with Gasteiger partial charge in [-0.3, -0.25) is 4.79 Å². The molecule has 1 unspecified atom stereocenters. The molecule has 1 aliphatic rings.